The van der Waals surface area contributed by atoms with Gasteiger partial charge in [0.25, 0.3) is 0 Å². The monoisotopic (exact) mass is 268 g/mol. The number of rotatable bonds is 3. The number of halogens is 3. The molecule has 0 aliphatic carbocycles. The van der Waals surface area contributed by atoms with Crippen molar-refractivity contribution in [3.05, 3.63) is 35.1 Å². The van der Waals surface area contributed by atoms with Crippen LogP contribution in [0.2, 0.25) is 0 Å². The lowest BCUT2D eigenvalue weighted by Crippen LogP contribution is -1.72. The van der Waals surface area contributed by atoms with Crippen molar-refractivity contribution in [1.29, 1.82) is 0 Å². The van der Waals surface area contributed by atoms with Crippen molar-refractivity contribution in [3.8, 4) is 0 Å². The Morgan fingerprint density at radius 3 is 2.50 bits per heavy atom. The van der Waals surface area contributed by atoms with Crippen molar-refractivity contribution in [1.82, 2.24) is 0 Å². The van der Waals surface area contributed by atoms with Crippen LogP contribution in [0, 0.1) is 0 Å². The molecule has 0 aromatic rings. The number of alkyl halides is 1. The van der Waals surface area contributed by atoms with E-state index >= 15 is 0 Å². The third-order valence-electron chi connectivity index (χ3n) is 0.754. The first-order chi connectivity index (χ1) is 4.70. The second-order valence-electron chi connectivity index (χ2n) is 1.62. The maximum absolute atomic E-state index is 11.6. The number of hydrogen-bond donors (Lipinski definition) is 0. The summed E-state index contributed by atoms with van der Waals surface area (Å²) in [5.41, 5.74) is 0.902. The molecule has 56 valence electrons. The topological polar surface area (TPSA) is 0 Å². The van der Waals surface area contributed by atoms with Crippen LogP contribution in [0.4, 0.5) is 4.39 Å². The highest BCUT2D eigenvalue weighted by atomic mass is 79.9. The van der Waals surface area contributed by atoms with Gasteiger partial charge in [0.05, 0.1) is 0 Å². The molecule has 0 radical (unpaired) electrons. The highest BCUT2D eigenvalue weighted by molar-refractivity contribution is 9.11. The van der Waals surface area contributed by atoms with Gasteiger partial charge < -0.3 is 0 Å². The molecule has 0 saturated carbocycles. The summed E-state index contributed by atoms with van der Waals surface area (Å²) in [6.45, 7) is 3.68. The molecule has 0 spiro atoms. The van der Waals surface area contributed by atoms with E-state index in [4.69, 9.17) is 0 Å². The van der Waals surface area contributed by atoms with E-state index in [1.165, 1.54) is 0 Å². The minimum Gasteiger partial charge on any atom is -0.214 e. The Kier molecular flexibility index (Phi) is 5.93. The van der Waals surface area contributed by atoms with Gasteiger partial charge in [-0.3, -0.25) is 0 Å². The summed E-state index contributed by atoms with van der Waals surface area (Å²) < 4.78 is 12.1. The minimum atomic E-state index is 0.412. The molecule has 0 aromatic carbocycles. The van der Waals surface area contributed by atoms with Gasteiger partial charge in [0.1, 0.15) is 6.33 Å². The van der Waals surface area contributed by atoms with Crippen LogP contribution in [0.5, 0.6) is 0 Å². The summed E-state index contributed by atoms with van der Waals surface area (Å²) in [5, 5.41) is 0.704. The van der Waals surface area contributed by atoms with Gasteiger partial charge in [0.15, 0.2) is 0 Å². The van der Waals surface area contributed by atoms with Gasteiger partial charge in [-0.2, -0.15) is 0 Å². The molecule has 10 heavy (non-hydrogen) atoms. The molecular formula is C7H7Br2F. The SMILES string of the molecule is C=C(/C=C\C(Br)=C\F)CBr. The number of hydrogen-bond acceptors (Lipinski definition) is 0. The Morgan fingerprint density at radius 2 is 2.10 bits per heavy atom. The van der Waals surface area contributed by atoms with Gasteiger partial charge in [-0.1, -0.05) is 28.6 Å². The number of allylic oxidation sites excluding steroid dienone is 4. The molecule has 0 N–H and O–H groups in total. The Balaban J connectivity index is 3.88. The average molecular weight is 270 g/mol. The van der Waals surface area contributed by atoms with E-state index in [0.717, 1.165) is 5.57 Å². The summed E-state index contributed by atoms with van der Waals surface area (Å²) in [6.07, 6.45) is 3.82. The van der Waals surface area contributed by atoms with Crippen LogP contribution in [0.25, 0.3) is 0 Å². The van der Waals surface area contributed by atoms with Crippen LogP contribution < -0.4 is 0 Å². The molecule has 0 rings (SSSR count). The van der Waals surface area contributed by atoms with E-state index in [1.807, 2.05) is 0 Å². The molecular weight excluding hydrogens is 263 g/mol. The zero-order valence-electron chi connectivity index (χ0n) is 5.28. The molecule has 0 amide bonds. The van der Waals surface area contributed by atoms with E-state index in [-0.39, 0.29) is 0 Å². The predicted molar refractivity (Wildman–Crippen MR) is 50.2 cm³/mol. The third-order valence-corrected chi connectivity index (χ3v) is 1.91. The standard InChI is InChI=1S/C7H7Br2F/c1-6(4-8)2-3-7(9)5-10/h2-3,5H,1,4H2/b3-2-,7-5-. The molecule has 0 unspecified atom stereocenters. The second-order valence-corrected chi connectivity index (χ2v) is 3.10. The van der Waals surface area contributed by atoms with Crippen LogP contribution >= 0.6 is 31.9 Å². The molecule has 0 aliphatic heterocycles. The van der Waals surface area contributed by atoms with Gasteiger partial charge >= 0.3 is 0 Å². The van der Waals surface area contributed by atoms with Crippen LogP contribution in [0.1, 0.15) is 0 Å². The Bertz CT molecular complexity index is 170. The van der Waals surface area contributed by atoms with Crippen LogP contribution in [0.15, 0.2) is 35.1 Å². The second kappa shape index (κ2) is 5.86. The van der Waals surface area contributed by atoms with Crippen LogP contribution in [0.3, 0.4) is 0 Å². The molecule has 0 saturated heterocycles. The van der Waals surface area contributed by atoms with E-state index < -0.39 is 0 Å². The lowest BCUT2D eigenvalue weighted by Gasteiger charge is -1.88. The molecule has 0 aromatic heterocycles. The third kappa shape index (κ3) is 4.94. The van der Waals surface area contributed by atoms with Gasteiger partial charge in [-0.05, 0) is 27.6 Å². The summed E-state index contributed by atoms with van der Waals surface area (Å²) >= 11 is 6.18. The summed E-state index contributed by atoms with van der Waals surface area (Å²) in [7, 11) is 0. The van der Waals surface area contributed by atoms with E-state index in [2.05, 4.69) is 38.4 Å². The lowest BCUT2D eigenvalue weighted by atomic mass is 10.3. The van der Waals surface area contributed by atoms with Crippen LogP contribution in [-0.4, -0.2) is 5.33 Å². The van der Waals surface area contributed by atoms with Gasteiger partial charge in [0.2, 0.25) is 0 Å². The summed E-state index contributed by atoms with van der Waals surface area (Å²) in [5.74, 6) is 0. The first-order valence-corrected chi connectivity index (χ1v) is 4.50. The average Bonchev–Trinajstić information content (AvgIpc) is 1.99. The molecule has 0 heterocycles. The molecule has 0 bridgehead atoms. The normalized spacial score (nSPS) is 12.5. The smallest absolute Gasteiger partial charge is 0.101 e. The maximum Gasteiger partial charge on any atom is 0.101 e. The van der Waals surface area contributed by atoms with Crippen molar-refractivity contribution in [2.24, 2.45) is 0 Å². The van der Waals surface area contributed by atoms with E-state index in [1.54, 1.807) is 12.2 Å². The zero-order valence-corrected chi connectivity index (χ0v) is 8.45. The fourth-order valence-corrected chi connectivity index (χ4v) is 0.597. The Hall–Kier alpha value is 0.110. The van der Waals surface area contributed by atoms with Gasteiger partial charge in [-0.25, -0.2) is 4.39 Å². The molecule has 0 aliphatic rings. The molecule has 0 nitrogen and oxygen atoms in total. The first kappa shape index (κ1) is 10.1. The zero-order chi connectivity index (χ0) is 7.98. The highest BCUT2D eigenvalue weighted by Crippen LogP contribution is 2.08. The first-order valence-electron chi connectivity index (χ1n) is 2.58. The Morgan fingerprint density at radius 1 is 1.50 bits per heavy atom. The van der Waals surface area contributed by atoms with Crippen molar-refractivity contribution < 1.29 is 4.39 Å². The predicted octanol–water partition coefficient (Wildman–Crippen LogP) is 3.70. The van der Waals surface area contributed by atoms with Crippen molar-refractivity contribution in [3.63, 3.8) is 0 Å². The summed E-state index contributed by atoms with van der Waals surface area (Å²) in [6, 6.07) is 0. The largest absolute Gasteiger partial charge is 0.214 e. The van der Waals surface area contributed by atoms with E-state index in [0.29, 0.717) is 16.1 Å². The highest BCUT2D eigenvalue weighted by Gasteiger charge is 1.84. The van der Waals surface area contributed by atoms with Crippen molar-refractivity contribution in [2.75, 3.05) is 5.33 Å². The van der Waals surface area contributed by atoms with Gasteiger partial charge in [-0.15, -0.1) is 0 Å². The van der Waals surface area contributed by atoms with Crippen molar-refractivity contribution >= 4 is 31.9 Å². The molecule has 0 atom stereocenters. The molecule has 0 fully saturated rings. The maximum atomic E-state index is 11.6. The van der Waals surface area contributed by atoms with E-state index in [9.17, 15) is 4.39 Å². The molecule has 3 heteroatoms. The fourth-order valence-electron chi connectivity index (χ4n) is 0.278. The van der Waals surface area contributed by atoms with Gasteiger partial charge in [0, 0.05) is 9.81 Å². The van der Waals surface area contributed by atoms with Crippen molar-refractivity contribution in [2.45, 2.75) is 0 Å². The minimum absolute atomic E-state index is 0.412. The van der Waals surface area contributed by atoms with Crippen LogP contribution in [-0.2, 0) is 0 Å². The summed E-state index contributed by atoms with van der Waals surface area (Å²) in [4.78, 5) is 0. The lowest BCUT2D eigenvalue weighted by molar-refractivity contribution is 0.720. The fraction of sp³-hybridized carbons (Fsp3) is 0.143. The Labute approximate surface area is 76.8 Å². The quantitative estimate of drug-likeness (QED) is 0.541.